The molecule has 37 heavy (non-hydrogen) atoms. The van der Waals surface area contributed by atoms with E-state index in [2.05, 4.69) is 21.4 Å². The number of carbonyl (C=O) groups is 1. The van der Waals surface area contributed by atoms with E-state index in [0.717, 1.165) is 22.0 Å². The summed E-state index contributed by atoms with van der Waals surface area (Å²) < 4.78 is 17.2. The molecule has 0 spiro atoms. The number of methoxy groups -OCH3 is 2. The Hall–Kier alpha value is -4.78. The fraction of sp³-hybridized carbons (Fsp3) is 0.133. The van der Waals surface area contributed by atoms with Crippen LogP contribution in [-0.4, -0.2) is 36.6 Å². The SMILES string of the molecule is COc1cccc(C(CNC(=O)c2cccnc2Oc2ccccc2)c2c[nH]c3ccccc23)c1OC. The molecule has 5 rings (SSSR count). The third-order valence-corrected chi connectivity index (χ3v) is 6.25. The summed E-state index contributed by atoms with van der Waals surface area (Å²) in [6, 6.07) is 26.5. The van der Waals surface area contributed by atoms with Gasteiger partial charge in [-0.25, -0.2) is 4.98 Å². The van der Waals surface area contributed by atoms with E-state index in [-0.39, 0.29) is 17.7 Å². The van der Waals surface area contributed by atoms with E-state index in [1.165, 1.54) is 0 Å². The van der Waals surface area contributed by atoms with Crippen molar-refractivity contribution in [2.24, 2.45) is 0 Å². The zero-order chi connectivity index (χ0) is 25.6. The molecule has 2 heterocycles. The number of para-hydroxylation sites is 3. The molecule has 1 atom stereocenters. The lowest BCUT2D eigenvalue weighted by Gasteiger charge is -2.22. The number of benzene rings is 3. The van der Waals surface area contributed by atoms with Crippen LogP contribution in [-0.2, 0) is 0 Å². The summed E-state index contributed by atoms with van der Waals surface area (Å²) in [5.41, 5.74) is 3.30. The molecule has 1 unspecified atom stereocenters. The maximum Gasteiger partial charge on any atom is 0.256 e. The summed E-state index contributed by atoms with van der Waals surface area (Å²) in [7, 11) is 3.23. The molecule has 0 saturated heterocycles. The first-order valence-electron chi connectivity index (χ1n) is 11.9. The average Bonchev–Trinajstić information content (AvgIpc) is 3.37. The summed E-state index contributed by atoms with van der Waals surface area (Å²) in [5, 5.41) is 4.17. The standard InChI is InChI=1S/C30H27N3O4/c1-35-27-16-8-13-22(28(27)36-2)25(24-18-32-26-15-7-6-12-21(24)26)19-33-29(34)23-14-9-17-31-30(23)37-20-10-4-3-5-11-20/h3-18,25,32H,19H2,1-2H3,(H,33,34). The number of amides is 1. The highest BCUT2D eigenvalue weighted by atomic mass is 16.5. The monoisotopic (exact) mass is 493 g/mol. The Morgan fingerprint density at radius 1 is 0.892 bits per heavy atom. The van der Waals surface area contributed by atoms with Crippen LogP contribution >= 0.6 is 0 Å². The third-order valence-electron chi connectivity index (χ3n) is 6.25. The molecule has 0 radical (unpaired) electrons. The van der Waals surface area contributed by atoms with Gasteiger partial charge < -0.3 is 24.5 Å². The van der Waals surface area contributed by atoms with Gasteiger partial charge in [-0.2, -0.15) is 0 Å². The lowest BCUT2D eigenvalue weighted by molar-refractivity contribution is 0.0949. The third kappa shape index (κ3) is 4.97. The van der Waals surface area contributed by atoms with Gasteiger partial charge in [0.05, 0.1) is 14.2 Å². The predicted octanol–water partition coefficient (Wildman–Crippen LogP) is 5.93. The van der Waals surface area contributed by atoms with Crippen molar-refractivity contribution in [3.63, 3.8) is 0 Å². The number of carbonyl (C=O) groups excluding carboxylic acids is 1. The molecule has 7 heteroatoms. The maximum absolute atomic E-state index is 13.4. The van der Waals surface area contributed by atoms with Gasteiger partial charge in [-0.3, -0.25) is 4.79 Å². The smallest absolute Gasteiger partial charge is 0.256 e. The fourth-order valence-electron chi connectivity index (χ4n) is 4.49. The second kappa shape index (κ2) is 10.9. The second-order valence-corrected chi connectivity index (χ2v) is 8.41. The fourth-order valence-corrected chi connectivity index (χ4v) is 4.49. The van der Waals surface area contributed by atoms with E-state index >= 15 is 0 Å². The van der Waals surface area contributed by atoms with E-state index in [9.17, 15) is 4.79 Å². The van der Waals surface area contributed by atoms with Crippen LogP contribution in [0.25, 0.3) is 10.9 Å². The lowest BCUT2D eigenvalue weighted by atomic mass is 9.89. The van der Waals surface area contributed by atoms with Gasteiger partial charge in [0.1, 0.15) is 11.3 Å². The number of aromatic amines is 1. The van der Waals surface area contributed by atoms with Gasteiger partial charge in [-0.15, -0.1) is 0 Å². The van der Waals surface area contributed by atoms with Crippen LogP contribution in [0.1, 0.15) is 27.4 Å². The van der Waals surface area contributed by atoms with Crippen LogP contribution in [0.3, 0.4) is 0 Å². The number of pyridine rings is 1. The Bertz CT molecular complexity index is 1510. The molecule has 0 bridgehead atoms. The molecule has 1 amide bonds. The van der Waals surface area contributed by atoms with Crippen molar-refractivity contribution in [1.29, 1.82) is 0 Å². The molecule has 0 aliphatic heterocycles. The lowest BCUT2D eigenvalue weighted by Crippen LogP contribution is -2.29. The quantitative estimate of drug-likeness (QED) is 0.266. The van der Waals surface area contributed by atoms with E-state index < -0.39 is 0 Å². The van der Waals surface area contributed by atoms with Crippen molar-refractivity contribution in [1.82, 2.24) is 15.3 Å². The number of hydrogen-bond donors (Lipinski definition) is 2. The van der Waals surface area contributed by atoms with E-state index in [1.807, 2.05) is 72.9 Å². The molecular formula is C30H27N3O4. The van der Waals surface area contributed by atoms with Gasteiger partial charge in [-0.05, 0) is 42.0 Å². The highest BCUT2D eigenvalue weighted by Gasteiger charge is 2.25. The molecule has 0 aliphatic carbocycles. The first kappa shape index (κ1) is 23.9. The summed E-state index contributed by atoms with van der Waals surface area (Å²) in [6.07, 6.45) is 3.58. The van der Waals surface area contributed by atoms with Crippen LogP contribution in [0.5, 0.6) is 23.1 Å². The Balaban J connectivity index is 1.48. The van der Waals surface area contributed by atoms with Crippen molar-refractivity contribution in [2.45, 2.75) is 5.92 Å². The Morgan fingerprint density at radius 3 is 2.51 bits per heavy atom. The van der Waals surface area contributed by atoms with E-state index in [1.54, 1.807) is 32.5 Å². The van der Waals surface area contributed by atoms with Crippen molar-refractivity contribution < 1.29 is 19.0 Å². The number of aromatic nitrogens is 2. The zero-order valence-corrected chi connectivity index (χ0v) is 20.6. The number of nitrogens with one attached hydrogen (secondary N) is 2. The normalized spacial score (nSPS) is 11.6. The molecule has 5 aromatic rings. The zero-order valence-electron chi connectivity index (χ0n) is 20.6. The largest absolute Gasteiger partial charge is 0.493 e. The van der Waals surface area contributed by atoms with Crippen LogP contribution in [0, 0.1) is 0 Å². The molecule has 2 aromatic heterocycles. The average molecular weight is 494 g/mol. The number of H-pyrrole nitrogens is 1. The number of hydrogen-bond acceptors (Lipinski definition) is 5. The van der Waals surface area contributed by atoms with E-state index in [4.69, 9.17) is 14.2 Å². The molecule has 2 N–H and O–H groups in total. The summed E-state index contributed by atoms with van der Waals surface area (Å²) in [4.78, 5) is 21.0. The van der Waals surface area contributed by atoms with Gasteiger partial charge in [0.15, 0.2) is 11.5 Å². The molecular weight excluding hydrogens is 466 g/mol. The molecule has 0 saturated carbocycles. The first-order valence-corrected chi connectivity index (χ1v) is 11.9. The number of nitrogens with zero attached hydrogens (tertiary/aromatic N) is 1. The predicted molar refractivity (Wildman–Crippen MR) is 143 cm³/mol. The maximum atomic E-state index is 13.4. The number of ether oxygens (including phenoxy) is 3. The van der Waals surface area contributed by atoms with Crippen LogP contribution in [0.15, 0.2) is 97.3 Å². The minimum atomic E-state index is -0.286. The van der Waals surface area contributed by atoms with Crippen LogP contribution in [0.2, 0.25) is 0 Å². The highest BCUT2D eigenvalue weighted by Crippen LogP contribution is 2.40. The van der Waals surface area contributed by atoms with Gasteiger partial charge in [0.2, 0.25) is 5.88 Å². The summed E-state index contributed by atoms with van der Waals surface area (Å²) in [6.45, 7) is 0.309. The second-order valence-electron chi connectivity index (χ2n) is 8.41. The summed E-state index contributed by atoms with van der Waals surface area (Å²) in [5.74, 6) is 1.60. The van der Waals surface area contributed by atoms with E-state index in [0.29, 0.717) is 29.4 Å². The highest BCUT2D eigenvalue weighted by molar-refractivity contribution is 5.96. The van der Waals surface area contributed by atoms with Crippen molar-refractivity contribution >= 4 is 16.8 Å². The van der Waals surface area contributed by atoms with Gasteiger partial charge >= 0.3 is 0 Å². The minimum absolute atomic E-state index is 0.222. The van der Waals surface area contributed by atoms with Crippen LogP contribution < -0.4 is 19.5 Å². The number of rotatable bonds is 9. The van der Waals surface area contributed by atoms with Crippen molar-refractivity contribution in [3.8, 4) is 23.1 Å². The van der Waals surface area contributed by atoms with Gasteiger partial charge in [-0.1, -0.05) is 48.5 Å². The molecule has 3 aromatic carbocycles. The van der Waals surface area contributed by atoms with Crippen molar-refractivity contribution in [2.75, 3.05) is 20.8 Å². The first-order chi connectivity index (χ1) is 18.2. The molecule has 186 valence electrons. The Kier molecular flexibility index (Phi) is 7.03. The topological polar surface area (TPSA) is 85.5 Å². The molecule has 0 aliphatic rings. The van der Waals surface area contributed by atoms with Crippen molar-refractivity contribution in [3.05, 3.63) is 114 Å². The Labute approximate surface area is 215 Å². The minimum Gasteiger partial charge on any atom is -0.493 e. The molecule has 7 nitrogen and oxygen atoms in total. The molecule has 0 fully saturated rings. The van der Waals surface area contributed by atoms with Crippen LogP contribution in [0.4, 0.5) is 0 Å². The Morgan fingerprint density at radius 2 is 1.70 bits per heavy atom. The van der Waals surface area contributed by atoms with Gasteiger partial charge in [0.25, 0.3) is 5.91 Å². The number of fused-ring (bicyclic) bond motifs is 1. The summed E-state index contributed by atoms with van der Waals surface area (Å²) >= 11 is 0. The van der Waals surface area contributed by atoms with Gasteiger partial charge in [0, 0.05) is 41.3 Å².